The van der Waals surface area contributed by atoms with Crippen molar-refractivity contribution < 1.29 is 9.53 Å². The van der Waals surface area contributed by atoms with Crippen LogP contribution in [0.1, 0.15) is 39.0 Å². The lowest BCUT2D eigenvalue weighted by Crippen LogP contribution is -2.25. The topological polar surface area (TPSA) is 26.3 Å². The second kappa shape index (κ2) is 6.03. The van der Waals surface area contributed by atoms with Crippen molar-refractivity contribution in [3.63, 3.8) is 0 Å². The Balaban J connectivity index is 1.92. The number of hydrogen-bond acceptors (Lipinski definition) is 2. The fraction of sp³-hybridized carbons (Fsp3) is 0.643. The number of halogens is 1. The molecule has 0 N–H and O–H groups in total. The summed E-state index contributed by atoms with van der Waals surface area (Å²) in [6.07, 6.45) is 11.8. The summed E-state index contributed by atoms with van der Waals surface area (Å²) < 4.78 is 6.35. The molecule has 2 nitrogen and oxygen atoms in total. The number of rotatable bonds is 3. The van der Waals surface area contributed by atoms with Crippen LogP contribution in [0.5, 0.6) is 0 Å². The Morgan fingerprint density at radius 1 is 1.41 bits per heavy atom. The Kier molecular flexibility index (Phi) is 4.65. The molecule has 0 fully saturated rings. The lowest BCUT2D eigenvalue weighted by atomic mass is 9.91. The molecular formula is C14H19IO2. The predicted octanol–water partition coefficient (Wildman–Crippen LogP) is 4.00. The van der Waals surface area contributed by atoms with Gasteiger partial charge in [0.15, 0.2) is 3.79 Å². The molecule has 0 aromatic rings. The number of carbonyl (C=O) groups is 1. The minimum atomic E-state index is 0.171. The molecule has 0 aromatic carbocycles. The van der Waals surface area contributed by atoms with Crippen LogP contribution in [0, 0.1) is 11.8 Å². The number of carbonyl (C=O) groups excluding carboxylic acids is 1. The van der Waals surface area contributed by atoms with Crippen LogP contribution in [-0.2, 0) is 9.53 Å². The minimum absolute atomic E-state index is 0.171. The van der Waals surface area contributed by atoms with E-state index in [1.807, 2.05) is 22.6 Å². The number of allylic oxidation sites excluding steroid dienone is 3. The monoisotopic (exact) mass is 346 g/mol. The molecule has 94 valence electrons. The van der Waals surface area contributed by atoms with Crippen LogP contribution in [-0.4, -0.2) is 9.89 Å². The van der Waals surface area contributed by atoms with Crippen LogP contribution in [0.3, 0.4) is 0 Å². The number of hydrogen-bond donors (Lipinski definition) is 0. The zero-order chi connectivity index (χ0) is 12.3. The SMILES string of the molecule is CC1CC=CCC1OC1=CCCC(C(=O)I)C1. The van der Waals surface area contributed by atoms with Crippen LogP contribution in [0.25, 0.3) is 0 Å². The largest absolute Gasteiger partial charge is 0.494 e. The highest BCUT2D eigenvalue weighted by Gasteiger charge is 2.25. The van der Waals surface area contributed by atoms with Crippen molar-refractivity contribution in [2.45, 2.75) is 45.1 Å². The van der Waals surface area contributed by atoms with Gasteiger partial charge in [0.25, 0.3) is 0 Å². The van der Waals surface area contributed by atoms with Crippen molar-refractivity contribution in [1.82, 2.24) is 0 Å². The van der Waals surface area contributed by atoms with Gasteiger partial charge in [0.1, 0.15) is 6.10 Å². The molecule has 3 heteroatoms. The molecule has 2 rings (SSSR count). The van der Waals surface area contributed by atoms with Crippen molar-refractivity contribution in [1.29, 1.82) is 0 Å². The standard InChI is InChI=1S/C14H19IO2/c1-10-5-2-3-8-13(10)17-12-7-4-6-11(9-12)14(15)16/h2-3,7,10-11,13H,4-6,8-9H2,1H3. The summed E-state index contributed by atoms with van der Waals surface area (Å²) in [7, 11) is 0. The van der Waals surface area contributed by atoms with Gasteiger partial charge in [-0.15, -0.1) is 0 Å². The molecule has 0 saturated heterocycles. The minimum Gasteiger partial charge on any atom is -0.494 e. The van der Waals surface area contributed by atoms with E-state index >= 15 is 0 Å². The molecule has 0 radical (unpaired) electrons. The van der Waals surface area contributed by atoms with Gasteiger partial charge in [-0.3, -0.25) is 4.79 Å². The molecule has 2 aliphatic carbocycles. The molecule has 3 unspecified atom stereocenters. The van der Waals surface area contributed by atoms with Gasteiger partial charge >= 0.3 is 0 Å². The van der Waals surface area contributed by atoms with Crippen LogP contribution in [0.4, 0.5) is 0 Å². The van der Waals surface area contributed by atoms with Gasteiger partial charge in [0.2, 0.25) is 0 Å². The summed E-state index contributed by atoms with van der Waals surface area (Å²) in [5.41, 5.74) is 0. The van der Waals surface area contributed by atoms with Crippen LogP contribution < -0.4 is 0 Å². The van der Waals surface area contributed by atoms with Crippen molar-refractivity contribution >= 4 is 26.4 Å². The first kappa shape index (κ1) is 13.1. The third-order valence-corrected chi connectivity index (χ3v) is 4.52. The van der Waals surface area contributed by atoms with Crippen molar-refractivity contribution in [3.05, 3.63) is 24.0 Å². The second-order valence-electron chi connectivity index (χ2n) is 5.03. The van der Waals surface area contributed by atoms with E-state index in [4.69, 9.17) is 4.74 Å². The normalized spacial score (nSPS) is 33.1. The first-order chi connectivity index (χ1) is 8.16. The van der Waals surface area contributed by atoms with Gasteiger partial charge in [-0.05, 0) is 53.8 Å². The molecule has 17 heavy (non-hydrogen) atoms. The molecular weight excluding hydrogens is 327 g/mol. The van der Waals surface area contributed by atoms with Gasteiger partial charge in [0, 0.05) is 18.8 Å². The summed E-state index contributed by atoms with van der Waals surface area (Å²) in [4.78, 5) is 11.4. The van der Waals surface area contributed by atoms with E-state index in [0.29, 0.717) is 12.0 Å². The Labute approximate surface area is 117 Å². The van der Waals surface area contributed by atoms with E-state index in [1.165, 1.54) is 0 Å². The highest BCUT2D eigenvalue weighted by Crippen LogP contribution is 2.31. The zero-order valence-electron chi connectivity index (χ0n) is 10.2. The maximum atomic E-state index is 11.4. The third kappa shape index (κ3) is 3.57. The fourth-order valence-corrected chi connectivity index (χ4v) is 2.98. The van der Waals surface area contributed by atoms with Gasteiger partial charge in [-0.2, -0.15) is 0 Å². The van der Waals surface area contributed by atoms with E-state index in [1.54, 1.807) is 0 Å². The first-order valence-electron chi connectivity index (χ1n) is 6.37. The summed E-state index contributed by atoms with van der Waals surface area (Å²) >= 11 is 1.91. The van der Waals surface area contributed by atoms with Gasteiger partial charge in [-0.25, -0.2) is 0 Å². The van der Waals surface area contributed by atoms with E-state index in [2.05, 4.69) is 25.2 Å². The van der Waals surface area contributed by atoms with Crippen LogP contribution in [0.2, 0.25) is 0 Å². The second-order valence-corrected chi connectivity index (χ2v) is 6.09. The molecule has 3 atom stereocenters. The molecule has 0 aliphatic heterocycles. The van der Waals surface area contributed by atoms with E-state index in [9.17, 15) is 4.79 Å². The van der Waals surface area contributed by atoms with E-state index < -0.39 is 0 Å². The Morgan fingerprint density at radius 3 is 2.88 bits per heavy atom. The van der Waals surface area contributed by atoms with Crippen molar-refractivity contribution in [2.24, 2.45) is 11.8 Å². The fourth-order valence-electron chi connectivity index (χ4n) is 2.45. The first-order valence-corrected chi connectivity index (χ1v) is 7.44. The highest BCUT2D eigenvalue weighted by atomic mass is 127. The van der Waals surface area contributed by atoms with E-state index in [-0.39, 0.29) is 9.71 Å². The molecule has 0 spiro atoms. The van der Waals surface area contributed by atoms with Gasteiger partial charge in [-0.1, -0.05) is 19.1 Å². The van der Waals surface area contributed by atoms with Crippen LogP contribution >= 0.6 is 22.6 Å². The molecule has 2 aliphatic rings. The lowest BCUT2D eigenvalue weighted by molar-refractivity contribution is -0.113. The molecule has 0 saturated carbocycles. The summed E-state index contributed by atoms with van der Waals surface area (Å²) in [6.45, 7) is 2.23. The van der Waals surface area contributed by atoms with E-state index in [0.717, 1.165) is 37.9 Å². The average Bonchev–Trinajstić information content (AvgIpc) is 2.32. The summed E-state index contributed by atoms with van der Waals surface area (Å²) in [6, 6.07) is 0. The Hall–Kier alpha value is -0.320. The summed E-state index contributed by atoms with van der Waals surface area (Å²) in [5.74, 6) is 1.79. The quantitative estimate of drug-likeness (QED) is 0.439. The zero-order valence-corrected chi connectivity index (χ0v) is 12.4. The average molecular weight is 346 g/mol. The highest BCUT2D eigenvalue weighted by molar-refractivity contribution is 14.1. The van der Waals surface area contributed by atoms with Gasteiger partial charge < -0.3 is 4.74 Å². The smallest absolute Gasteiger partial charge is 0.195 e. The maximum absolute atomic E-state index is 11.4. The predicted molar refractivity (Wildman–Crippen MR) is 76.9 cm³/mol. The molecule has 0 aromatic heterocycles. The Bertz CT molecular complexity index is 346. The summed E-state index contributed by atoms with van der Waals surface area (Å²) in [5, 5.41) is 0. The van der Waals surface area contributed by atoms with Gasteiger partial charge in [0.05, 0.1) is 5.76 Å². The number of ether oxygens (including phenoxy) is 1. The van der Waals surface area contributed by atoms with Crippen LogP contribution in [0.15, 0.2) is 24.0 Å². The molecule has 0 heterocycles. The molecule has 0 amide bonds. The maximum Gasteiger partial charge on any atom is 0.195 e. The van der Waals surface area contributed by atoms with Crippen molar-refractivity contribution in [3.8, 4) is 0 Å². The third-order valence-electron chi connectivity index (χ3n) is 3.64. The molecule has 0 bridgehead atoms. The lowest BCUT2D eigenvalue weighted by Gasteiger charge is -2.30. The Morgan fingerprint density at radius 2 is 2.18 bits per heavy atom. The van der Waals surface area contributed by atoms with Crippen molar-refractivity contribution in [2.75, 3.05) is 0 Å².